The van der Waals surface area contributed by atoms with E-state index in [1.54, 1.807) is 0 Å². The normalized spacial score (nSPS) is 18.8. The largest absolute Gasteiger partial charge is 0.477 e. The minimum Gasteiger partial charge on any atom is -0.477 e. The molecule has 1 fully saturated rings. The van der Waals surface area contributed by atoms with Gasteiger partial charge < -0.3 is 10.4 Å². The average Bonchev–Trinajstić information content (AvgIpc) is 2.85. The van der Waals surface area contributed by atoms with Crippen LogP contribution in [0.3, 0.4) is 0 Å². The molecular formula is C12H11F4NO2. The zero-order chi connectivity index (χ0) is 14.2. The summed E-state index contributed by atoms with van der Waals surface area (Å²) in [6, 6.07) is -0.265. The van der Waals surface area contributed by atoms with Crippen molar-refractivity contribution in [1.82, 2.24) is 5.32 Å². The van der Waals surface area contributed by atoms with Crippen LogP contribution in [0.5, 0.6) is 0 Å². The van der Waals surface area contributed by atoms with Crippen LogP contribution < -0.4 is 5.32 Å². The molecule has 1 saturated heterocycles. The number of aromatic carboxylic acids is 1. The SMILES string of the molecule is O=C(O)c1c(F)c(F)c(CC2CCCN2)c(F)c1F. The van der Waals surface area contributed by atoms with Crippen LogP contribution in [0.4, 0.5) is 17.6 Å². The smallest absolute Gasteiger partial charge is 0.341 e. The van der Waals surface area contributed by atoms with E-state index >= 15 is 0 Å². The lowest BCUT2D eigenvalue weighted by Crippen LogP contribution is -2.26. The third-order valence-electron chi connectivity index (χ3n) is 3.18. The van der Waals surface area contributed by atoms with E-state index in [-0.39, 0.29) is 12.5 Å². The van der Waals surface area contributed by atoms with Crippen LogP contribution in [-0.2, 0) is 6.42 Å². The van der Waals surface area contributed by atoms with Gasteiger partial charge in [-0.05, 0) is 25.8 Å². The fourth-order valence-corrected chi connectivity index (χ4v) is 2.22. The van der Waals surface area contributed by atoms with Crippen LogP contribution in [0.25, 0.3) is 0 Å². The van der Waals surface area contributed by atoms with Crippen LogP contribution in [-0.4, -0.2) is 23.7 Å². The molecule has 2 rings (SSSR count). The first-order valence-electron chi connectivity index (χ1n) is 5.75. The van der Waals surface area contributed by atoms with Gasteiger partial charge in [-0.3, -0.25) is 0 Å². The van der Waals surface area contributed by atoms with Gasteiger partial charge in [-0.15, -0.1) is 0 Å². The molecule has 104 valence electrons. The topological polar surface area (TPSA) is 49.3 Å². The van der Waals surface area contributed by atoms with Crippen LogP contribution in [0, 0.1) is 23.3 Å². The van der Waals surface area contributed by atoms with E-state index in [2.05, 4.69) is 5.32 Å². The Labute approximate surface area is 106 Å². The van der Waals surface area contributed by atoms with E-state index in [1.807, 2.05) is 0 Å². The van der Waals surface area contributed by atoms with Gasteiger partial charge in [0.05, 0.1) is 0 Å². The van der Waals surface area contributed by atoms with Crippen molar-refractivity contribution in [2.45, 2.75) is 25.3 Å². The Morgan fingerprint density at radius 2 is 1.74 bits per heavy atom. The Bertz CT molecular complexity index is 498. The summed E-state index contributed by atoms with van der Waals surface area (Å²) >= 11 is 0. The molecule has 7 heteroatoms. The number of hydrogen-bond acceptors (Lipinski definition) is 2. The molecule has 1 unspecified atom stereocenters. The Kier molecular flexibility index (Phi) is 3.75. The van der Waals surface area contributed by atoms with Gasteiger partial charge in [0.25, 0.3) is 0 Å². The van der Waals surface area contributed by atoms with Gasteiger partial charge in [-0.2, -0.15) is 0 Å². The van der Waals surface area contributed by atoms with E-state index < -0.39 is 40.4 Å². The van der Waals surface area contributed by atoms with Crippen LogP contribution in [0.2, 0.25) is 0 Å². The highest BCUT2D eigenvalue weighted by Crippen LogP contribution is 2.26. The van der Waals surface area contributed by atoms with E-state index in [0.29, 0.717) is 13.0 Å². The maximum atomic E-state index is 13.6. The van der Waals surface area contributed by atoms with Gasteiger partial charge in [0.15, 0.2) is 23.3 Å². The van der Waals surface area contributed by atoms with Gasteiger partial charge >= 0.3 is 5.97 Å². The minimum atomic E-state index is -2.04. The lowest BCUT2D eigenvalue weighted by Gasteiger charge is -2.13. The fraction of sp³-hybridized carbons (Fsp3) is 0.417. The van der Waals surface area contributed by atoms with Crippen LogP contribution >= 0.6 is 0 Å². The van der Waals surface area contributed by atoms with Crippen molar-refractivity contribution in [3.63, 3.8) is 0 Å². The first-order chi connectivity index (χ1) is 8.93. The predicted octanol–water partition coefficient (Wildman–Crippen LogP) is 2.24. The van der Waals surface area contributed by atoms with Crippen molar-refractivity contribution >= 4 is 5.97 Å². The van der Waals surface area contributed by atoms with E-state index in [1.165, 1.54) is 0 Å². The van der Waals surface area contributed by atoms with Crippen molar-refractivity contribution in [1.29, 1.82) is 0 Å². The molecule has 0 bridgehead atoms. The third kappa shape index (κ3) is 2.42. The molecule has 19 heavy (non-hydrogen) atoms. The molecule has 1 atom stereocenters. The van der Waals surface area contributed by atoms with Crippen molar-refractivity contribution in [3.05, 3.63) is 34.4 Å². The van der Waals surface area contributed by atoms with Crippen molar-refractivity contribution in [2.24, 2.45) is 0 Å². The highest BCUT2D eigenvalue weighted by Gasteiger charge is 2.30. The first kappa shape index (κ1) is 13.8. The highest BCUT2D eigenvalue weighted by molar-refractivity contribution is 5.88. The standard InChI is InChI=1S/C12H11F4NO2/c13-8-6(4-5-2-1-3-17-5)9(14)11(16)7(10(8)15)12(18)19/h5,17H,1-4H2,(H,18,19). The Balaban J connectivity index is 2.47. The molecule has 0 radical (unpaired) electrons. The Morgan fingerprint density at radius 3 is 2.16 bits per heavy atom. The summed E-state index contributed by atoms with van der Waals surface area (Å²) < 4.78 is 54.2. The predicted molar refractivity (Wildman–Crippen MR) is 58.0 cm³/mol. The molecule has 3 nitrogen and oxygen atoms in total. The van der Waals surface area contributed by atoms with Crippen LogP contribution in [0.1, 0.15) is 28.8 Å². The number of nitrogens with one attached hydrogen (secondary N) is 1. The van der Waals surface area contributed by atoms with Gasteiger partial charge in [0.1, 0.15) is 5.56 Å². The van der Waals surface area contributed by atoms with Crippen molar-refractivity contribution in [2.75, 3.05) is 6.54 Å². The van der Waals surface area contributed by atoms with E-state index in [0.717, 1.165) is 6.42 Å². The fourth-order valence-electron chi connectivity index (χ4n) is 2.22. The zero-order valence-corrected chi connectivity index (χ0v) is 9.77. The summed E-state index contributed by atoms with van der Waals surface area (Å²) in [7, 11) is 0. The molecule has 2 N–H and O–H groups in total. The number of benzene rings is 1. The lowest BCUT2D eigenvalue weighted by molar-refractivity contribution is 0.0683. The van der Waals surface area contributed by atoms with Gasteiger partial charge in [-0.1, -0.05) is 0 Å². The van der Waals surface area contributed by atoms with Crippen molar-refractivity contribution < 1.29 is 27.5 Å². The molecule has 0 aliphatic carbocycles. The quantitative estimate of drug-likeness (QED) is 0.658. The number of rotatable bonds is 3. The Morgan fingerprint density at radius 1 is 1.16 bits per heavy atom. The summed E-state index contributed by atoms with van der Waals surface area (Å²) in [5.41, 5.74) is -2.35. The van der Waals surface area contributed by atoms with Crippen molar-refractivity contribution in [3.8, 4) is 0 Å². The molecule has 1 aromatic carbocycles. The molecule has 0 spiro atoms. The zero-order valence-electron chi connectivity index (χ0n) is 9.77. The first-order valence-corrected chi connectivity index (χ1v) is 5.75. The Hall–Kier alpha value is -1.63. The second kappa shape index (κ2) is 5.16. The number of carboxylic acids is 1. The lowest BCUT2D eigenvalue weighted by atomic mass is 10.0. The van der Waals surface area contributed by atoms with Gasteiger partial charge in [0, 0.05) is 11.6 Å². The molecule has 0 amide bonds. The van der Waals surface area contributed by atoms with Gasteiger partial charge in [-0.25, -0.2) is 22.4 Å². The molecule has 1 aliphatic rings. The number of hydrogen-bond donors (Lipinski definition) is 2. The molecule has 1 aliphatic heterocycles. The minimum absolute atomic E-state index is 0.217. The molecule has 0 aromatic heterocycles. The molecule has 0 saturated carbocycles. The molecule has 1 aromatic rings. The molecule has 1 heterocycles. The maximum absolute atomic E-state index is 13.6. The number of halogens is 4. The summed E-state index contributed by atoms with van der Waals surface area (Å²) in [5, 5.41) is 11.5. The average molecular weight is 277 g/mol. The third-order valence-corrected chi connectivity index (χ3v) is 3.18. The summed E-state index contributed by atoms with van der Waals surface area (Å²) in [6.45, 7) is 0.673. The summed E-state index contributed by atoms with van der Waals surface area (Å²) in [5.74, 6) is -9.04. The monoisotopic (exact) mass is 277 g/mol. The summed E-state index contributed by atoms with van der Waals surface area (Å²) in [4.78, 5) is 10.6. The number of carbonyl (C=O) groups is 1. The van der Waals surface area contributed by atoms with E-state index in [9.17, 15) is 22.4 Å². The summed E-state index contributed by atoms with van der Waals surface area (Å²) in [6.07, 6.45) is 1.24. The van der Waals surface area contributed by atoms with E-state index in [4.69, 9.17) is 5.11 Å². The maximum Gasteiger partial charge on any atom is 0.341 e. The van der Waals surface area contributed by atoms with Crippen LogP contribution in [0.15, 0.2) is 0 Å². The highest BCUT2D eigenvalue weighted by atomic mass is 19.2. The second-order valence-electron chi connectivity index (χ2n) is 4.41. The number of carboxylic acid groups (broad SMARTS) is 1. The van der Waals surface area contributed by atoms with Gasteiger partial charge in [0.2, 0.25) is 0 Å². The second-order valence-corrected chi connectivity index (χ2v) is 4.41. The molecular weight excluding hydrogens is 266 g/mol.